The van der Waals surface area contributed by atoms with Crippen molar-refractivity contribution in [3.8, 4) is 22.0 Å². The lowest BCUT2D eigenvalue weighted by Crippen LogP contribution is -2.08. The molecule has 4 nitrogen and oxygen atoms in total. The first-order valence-corrected chi connectivity index (χ1v) is 6.61. The van der Waals surface area contributed by atoms with Gasteiger partial charge in [-0.25, -0.2) is 4.98 Å². The van der Waals surface area contributed by atoms with Gasteiger partial charge in [0.05, 0.1) is 10.6 Å². The summed E-state index contributed by atoms with van der Waals surface area (Å²) in [6.07, 6.45) is 0. The first-order chi connectivity index (χ1) is 9.22. The van der Waals surface area contributed by atoms with Gasteiger partial charge in [0.2, 0.25) is 0 Å². The normalized spacial score (nSPS) is 10.5. The minimum Gasteiger partial charge on any atom is -0.399 e. The summed E-state index contributed by atoms with van der Waals surface area (Å²) < 4.78 is 0. The van der Waals surface area contributed by atoms with E-state index in [1.54, 1.807) is 23.5 Å². The molecule has 0 aliphatic rings. The van der Waals surface area contributed by atoms with Gasteiger partial charge in [-0.1, -0.05) is 18.2 Å². The Morgan fingerprint density at radius 1 is 1.16 bits per heavy atom. The topological polar surface area (TPSA) is 71.8 Å². The Balaban J connectivity index is 2.15. The van der Waals surface area contributed by atoms with E-state index in [-0.39, 0.29) is 5.56 Å². The molecule has 0 amide bonds. The number of anilines is 1. The molecule has 0 aliphatic heterocycles. The Hall–Kier alpha value is -2.40. The van der Waals surface area contributed by atoms with Crippen LogP contribution in [0.4, 0.5) is 5.69 Å². The summed E-state index contributed by atoms with van der Waals surface area (Å²) in [6.45, 7) is 0. The fourth-order valence-electron chi connectivity index (χ4n) is 1.83. The maximum absolute atomic E-state index is 11.7. The maximum Gasteiger partial charge on any atom is 0.251 e. The van der Waals surface area contributed by atoms with E-state index in [9.17, 15) is 4.79 Å². The van der Waals surface area contributed by atoms with Crippen molar-refractivity contribution in [2.24, 2.45) is 0 Å². The number of H-pyrrole nitrogens is 1. The third-order valence-electron chi connectivity index (χ3n) is 2.68. The summed E-state index contributed by atoms with van der Waals surface area (Å²) in [7, 11) is 0. The van der Waals surface area contributed by atoms with Gasteiger partial charge < -0.3 is 10.7 Å². The highest BCUT2D eigenvalue weighted by Gasteiger charge is 2.06. The Kier molecular flexibility index (Phi) is 2.89. The number of hydrogen-bond acceptors (Lipinski definition) is 4. The highest BCUT2D eigenvalue weighted by atomic mass is 32.1. The monoisotopic (exact) mass is 269 g/mol. The van der Waals surface area contributed by atoms with Gasteiger partial charge in [0.1, 0.15) is 5.82 Å². The predicted molar refractivity (Wildman–Crippen MR) is 78.0 cm³/mol. The molecule has 0 bridgehead atoms. The molecule has 5 heteroatoms. The molecule has 3 aromatic rings. The lowest BCUT2D eigenvalue weighted by Gasteiger charge is -2.04. The number of aromatic amines is 1. The molecule has 2 heterocycles. The van der Waals surface area contributed by atoms with Crippen LogP contribution in [0.2, 0.25) is 0 Å². The Bertz CT molecular complexity index is 762. The number of hydrogen-bond donors (Lipinski definition) is 2. The molecular weight excluding hydrogens is 258 g/mol. The molecule has 0 aliphatic carbocycles. The van der Waals surface area contributed by atoms with Gasteiger partial charge in [0.15, 0.2) is 0 Å². The van der Waals surface area contributed by atoms with Gasteiger partial charge in [0, 0.05) is 17.3 Å². The SMILES string of the molecule is Nc1cccc(-c2nc(-c3cccs3)cc(=O)[nH]2)c1. The van der Waals surface area contributed by atoms with Gasteiger partial charge in [-0.15, -0.1) is 11.3 Å². The second-order valence-corrected chi connectivity index (χ2v) is 5.03. The highest BCUT2D eigenvalue weighted by Crippen LogP contribution is 2.24. The third kappa shape index (κ3) is 2.41. The molecule has 1 aromatic carbocycles. The third-order valence-corrected chi connectivity index (χ3v) is 3.57. The molecule has 3 N–H and O–H groups in total. The second-order valence-electron chi connectivity index (χ2n) is 4.08. The van der Waals surface area contributed by atoms with Crippen LogP contribution in [0, 0.1) is 0 Å². The average molecular weight is 269 g/mol. The zero-order valence-electron chi connectivity index (χ0n) is 9.96. The van der Waals surface area contributed by atoms with Crippen molar-refractivity contribution in [1.82, 2.24) is 9.97 Å². The fraction of sp³-hybridized carbons (Fsp3) is 0. The minimum atomic E-state index is -0.171. The molecule has 0 spiro atoms. The van der Waals surface area contributed by atoms with Crippen LogP contribution >= 0.6 is 11.3 Å². The van der Waals surface area contributed by atoms with Crippen LogP contribution in [0.1, 0.15) is 0 Å². The van der Waals surface area contributed by atoms with Crippen molar-refractivity contribution >= 4 is 17.0 Å². The van der Waals surface area contributed by atoms with Gasteiger partial charge in [0.25, 0.3) is 5.56 Å². The van der Waals surface area contributed by atoms with Crippen molar-refractivity contribution in [3.05, 3.63) is 58.2 Å². The van der Waals surface area contributed by atoms with Gasteiger partial charge >= 0.3 is 0 Å². The molecule has 0 unspecified atom stereocenters. The van der Waals surface area contributed by atoms with Crippen LogP contribution in [0.3, 0.4) is 0 Å². The molecule has 0 radical (unpaired) electrons. The number of benzene rings is 1. The van der Waals surface area contributed by atoms with E-state index >= 15 is 0 Å². The molecule has 94 valence electrons. The lowest BCUT2D eigenvalue weighted by atomic mass is 10.2. The molecular formula is C14H11N3OS. The Morgan fingerprint density at radius 2 is 2.05 bits per heavy atom. The Morgan fingerprint density at radius 3 is 2.79 bits per heavy atom. The minimum absolute atomic E-state index is 0.171. The molecule has 0 saturated carbocycles. The average Bonchev–Trinajstić information content (AvgIpc) is 2.92. The fourth-order valence-corrected chi connectivity index (χ4v) is 2.52. The summed E-state index contributed by atoms with van der Waals surface area (Å²) in [5.74, 6) is 0.531. The molecule has 3 rings (SSSR count). The van der Waals surface area contributed by atoms with Gasteiger partial charge in [-0.2, -0.15) is 0 Å². The first-order valence-electron chi connectivity index (χ1n) is 5.73. The number of aromatic nitrogens is 2. The van der Waals surface area contributed by atoms with Crippen molar-refractivity contribution in [2.75, 3.05) is 5.73 Å². The van der Waals surface area contributed by atoms with Gasteiger partial charge in [-0.05, 0) is 23.6 Å². The summed E-state index contributed by atoms with van der Waals surface area (Å²) in [6, 6.07) is 12.7. The van der Waals surface area contributed by atoms with E-state index in [4.69, 9.17) is 5.73 Å². The van der Waals surface area contributed by atoms with E-state index in [0.717, 1.165) is 10.4 Å². The van der Waals surface area contributed by atoms with E-state index in [0.29, 0.717) is 17.2 Å². The van der Waals surface area contributed by atoms with Crippen molar-refractivity contribution < 1.29 is 0 Å². The highest BCUT2D eigenvalue weighted by molar-refractivity contribution is 7.13. The van der Waals surface area contributed by atoms with Gasteiger partial charge in [-0.3, -0.25) is 4.79 Å². The smallest absolute Gasteiger partial charge is 0.251 e. The number of thiophene rings is 1. The largest absolute Gasteiger partial charge is 0.399 e. The van der Waals surface area contributed by atoms with Crippen molar-refractivity contribution in [2.45, 2.75) is 0 Å². The number of nitrogens with zero attached hydrogens (tertiary/aromatic N) is 1. The second kappa shape index (κ2) is 4.70. The summed E-state index contributed by atoms with van der Waals surface area (Å²) in [5.41, 5.74) is 7.70. The maximum atomic E-state index is 11.7. The van der Waals surface area contributed by atoms with Crippen LogP contribution in [0.15, 0.2) is 52.6 Å². The predicted octanol–water partition coefficient (Wildman–Crippen LogP) is 2.75. The standard InChI is InChI=1S/C14H11N3OS/c15-10-4-1-3-9(7-10)14-16-11(8-13(18)17-14)12-5-2-6-19-12/h1-8H,15H2,(H,16,17,18). The quantitative estimate of drug-likeness (QED) is 0.703. The molecule has 0 fully saturated rings. The van der Waals surface area contributed by atoms with E-state index in [2.05, 4.69) is 9.97 Å². The first kappa shape index (κ1) is 11.7. The zero-order valence-corrected chi connectivity index (χ0v) is 10.8. The molecule has 2 aromatic heterocycles. The van der Waals surface area contributed by atoms with E-state index in [1.165, 1.54) is 6.07 Å². The molecule has 0 saturated heterocycles. The number of rotatable bonds is 2. The van der Waals surface area contributed by atoms with E-state index in [1.807, 2.05) is 29.6 Å². The summed E-state index contributed by atoms with van der Waals surface area (Å²) in [4.78, 5) is 19.9. The van der Waals surface area contributed by atoms with Crippen LogP contribution < -0.4 is 11.3 Å². The summed E-state index contributed by atoms with van der Waals surface area (Å²) >= 11 is 1.55. The Labute approximate surface area is 113 Å². The molecule has 0 atom stereocenters. The van der Waals surface area contributed by atoms with Crippen molar-refractivity contribution in [1.29, 1.82) is 0 Å². The number of nitrogens with two attached hydrogens (primary N) is 1. The van der Waals surface area contributed by atoms with Crippen LogP contribution in [-0.2, 0) is 0 Å². The van der Waals surface area contributed by atoms with Crippen LogP contribution in [-0.4, -0.2) is 9.97 Å². The van der Waals surface area contributed by atoms with Crippen LogP contribution in [0.5, 0.6) is 0 Å². The van der Waals surface area contributed by atoms with Crippen LogP contribution in [0.25, 0.3) is 22.0 Å². The lowest BCUT2D eigenvalue weighted by molar-refractivity contribution is 1.14. The van der Waals surface area contributed by atoms with Crippen molar-refractivity contribution in [3.63, 3.8) is 0 Å². The number of nitrogens with one attached hydrogen (secondary N) is 1. The van der Waals surface area contributed by atoms with E-state index < -0.39 is 0 Å². The number of nitrogen functional groups attached to an aromatic ring is 1. The molecule has 19 heavy (non-hydrogen) atoms. The summed E-state index contributed by atoms with van der Waals surface area (Å²) in [5, 5.41) is 1.96. The zero-order chi connectivity index (χ0) is 13.2.